The molecule has 15 heavy (non-hydrogen) atoms. The average Bonchev–Trinajstić information content (AvgIpc) is 2.47. The van der Waals surface area contributed by atoms with Crippen LogP contribution in [0.15, 0.2) is 0 Å². The minimum absolute atomic E-state index is 0.239. The number of ether oxygens (including phenoxy) is 1. The summed E-state index contributed by atoms with van der Waals surface area (Å²) in [5, 5.41) is 21.1. The molecule has 1 atom stereocenters. The van der Waals surface area contributed by atoms with Crippen LogP contribution in [0, 0.1) is 0 Å². The fourth-order valence-corrected chi connectivity index (χ4v) is 1.02. The second kappa shape index (κ2) is 4.67. The van der Waals surface area contributed by atoms with E-state index >= 15 is 0 Å². The highest BCUT2D eigenvalue weighted by atomic mass is 16.5. The van der Waals surface area contributed by atoms with E-state index in [0.29, 0.717) is 12.2 Å². The van der Waals surface area contributed by atoms with E-state index in [2.05, 4.69) is 15.4 Å². The largest absolute Gasteiger partial charge is 0.390 e. The molecular formula is C9H18N4O2. The maximum atomic E-state index is 9.63. The van der Waals surface area contributed by atoms with Gasteiger partial charge in [0.05, 0.1) is 25.4 Å². The zero-order valence-electron chi connectivity index (χ0n) is 9.64. The molecule has 1 aromatic heterocycles. The molecule has 0 aliphatic carbocycles. The van der Waals surface area contributed by atoms with Gasteiger partial charge in [0.15, 0.2) is 5.82 Å². The van der Waals surface area contributed by atoms with E-state index in [0.717, 1.165) is 0 Å². The van der Waals surface area contributed by atoms with Crippen molar-refractivity contribution in [2.24, 2.45) is 7.05 Å². The topological polar surface area (TPSA) is 73.1 Å². The van der Waals surface area contributed by atoms with Crippen LogP contribution in [0.3, 0.4) is 0 Å². The number of nitrogens with zero attached hydrogens (tertiary/aromatic N) is 4. The maximum Gasteiger partial charge on any atom is 0.177 e. The van der Waals surface area contributed by atoms with Crippen molar-refractivity contribution >= 4 is 0 Å². The van der Waals surface area contributed by atoms with Crippen LogP contribution in [0.1, 0.15) is 26.6 Å². The summed E-state index contributed by atoms with van der Waals surface area (Å²) in [4.78, 5) is 1.37. The summed E-state index contributed by atoms with van der Waals surface area (Å²) < 4.78 is 5.44. The Hall–Kier alpha value is -1.01. The Morgan fingerprint density at radius 2 is 2.13 bits per heavy atom. The Kier molecular flexibility index (Phi) is 3.76. The van der Waals surface area contributed by atoms with Crippen molar-refractivity contribution < 1.29 is 9.84 Å². The first-order chi connectivity index (χ1) is 6.87. The quantitative estimate of drug-likeness (QED) is 0.759. The van der Waals surface area contributed by atoms with Crippen molar-refractivity contribution in [1.82, 2.24) is 20.2 Å². The number of aliphatic hydroxyl groups excluding tert-OH is 1. The van der Waals surface area contributed by atoms with Gasteiger partial charge in [-0.3, -0.25) is 0 Å². The summed E-state index contributed by atoms with van der Waals surface area (Å²) in [6.07, 6.45) is -0.224. The van der Waals surface area contributed by atoms with Crippen LogP contribution in [-0.4, -0.2) is 43.6 Å². The van der Waals surface area contributed by atoms with E-state index in [-0.39, 0.29) is 12.2 Å². The SMILES string of the molecule is Cn1nnc(CC(O)COC(C)(C)C)n1. The van der Waals surface area contributed by atoms with Gasteiger partial charge in [-0.2, -0.15) is 4.80 Å². The lowest BCUT2D eigenvalue weighted by molar-refractivity contribution is -0.0486. The van der Waals surface area contributed by atoms with Crippen molar-refractivity contribution in [3.8, 4) is 0 Å². The lowest BCUT2D eigenvalue weighted by atomic mass is 10.2. The first-order valence-corrected chi connectivity index (χ1v) is 4.92. The second-order valence-electron chi connectivity index (χ2n) is 4.48. The summed E-state index contributed by atoms with van der Waals surface area (Å²) in [7, 11) is 1.69. The molecule has 0 bridgehead atoms. The normalized spacial score (nSPS) is 14.2. The number of hydrogen-bond acceptors (Lipinski definition) is 5. The molecule has 0 saturated carbocycles. The van der Waals surface area contributed by atoms with Gasteiger partial charge in [-0.15, -0.1) is 10.2 Å². The summed E-state index contributed by atoms with van der Waals surface area (Å²) >= 11 is 0. The summed E-state index contributed by atoms with van der Waals surface area (Å²) in [5.74, 6) is 0.530. The van der Waals surface area contributed by atoms with Gasteiger partial charge < -0.3 is 9.84 Å². The van der Waals surface area contributed by atoms with Crippen LogP contribution in [-0.2, 0) is 18.2 Å². The summed E-state index contributed by atoms with van der Waals surface area (Å²) in [6.45, 7) is 6.11. The Morgan fingerprint density at radius 1 is 1.47 bits per heavy atom. The lowest BCUT2D eigenvalue weighted by Gasteiger charge is -2.21. The zero-order chi connectivity index (χ0) is 11.5. The van der Waals surface area contributed by atoms with Gasteiger partial charge in [0.1, 0.15) is 0 Å². The molecule has 0 fully saturated rings. The van der Waals surface area contributed by atoms with Crippen molar-refractivity contribution in [3.05, 3.63) is 5.82 Å². The third kappa shape index (κ3) is 4.85. The number of aromatic nitrogens is 4. The molecule has 0 radical (unpaired) electrons. The number of aliphatic hydroxyl groups is 1. The van der Waals surface area contributed by atoms with Crippen molar-refractivity contribution in [1.29, 1.82) is 0 Å². The molecule has 86 valence electrons. The predicted octanol–water partition coefficient (Wildman–Crippen LogP) is -0.0714. The monoisotopic (exact) mass is 214 g/mol. The van der Waals surface area contributed by atoms with Gasteiger partial charge in [0.25, 0.3) is 0 Å². The smallest absolute Gasteiger partial charge is 0.177 e. The molecule has 1 N–H and O–H groups in total. The van der Waals surface area contributed by atoms with Gasteiger partial charge >= 0.3 is 0 Å². The van der Waals surface area contributed by atoms with E-state index in [9.17, 15) is 5.11 Å². The van der Waals surface area contributed by atoms with E-state index < -0.39 is 6.10 Å². The van der Waals surface area contributed by atoms with Crippen LogP contribution < -0.4 is 0 Å². The Bertz CT molecular complexity index is 305. The zero-order valence-corrected chi connectivity index (χ0v) is 9.64. The molecular weight excluding hydrogens is 196 g/mol. The van der Waals surface area contributed by atoms with Gasteiger partial charge in [0, 0.05) is 6.42 Å². The highest BCUT2D eigenvalue weighted by Gasteiger charge is 2.15. The molecule has 6 heteroatoms. The Balaban J connectivity index is 2.33. The van der Waals surface area contributed by atoms with E-state index in [4.69, 9.17) is 4.74 Å². The molecule has 0 aliphatic heterocycles. The van der Waals surface area contributed by atoms with E-state index in [1.54, 1.807) is 7.05 Å². The maximum absolute atomic E-state index is 9.63. The van der Waals surface area contributed by atoms with Gasteiger partial charge in [0.2, 0.25) is 0 Å². The summed E-state index contributed by atoms with van der Waals surface area (Å²) in [6, 6.07) is 0. The molecule has 0 aliphatic rings. The average molecular weight is 214 g/mol. The molecule has 0 amide bonds. The fourth-order valence-electron chi connectivity index (χ4n) is 1.02. The Labute approximate surface area is 89.2 Å². The van der Waals surface area contributed by atoms with E-state index in [1.807, 2.05) is 20.8 Å². The van der Waals surface area contributed by atoms with Crippen LogP contribution >= 0.6 is 0 Å². The second-order valence-corrected chi connectivity index (χ2v) is 4.48. The molecule has 0 saturated heterocycles. The molecule has 1 rings (SSSR count). The molecule has 0 spiro atoms. The lowest BCUT2D eigenvalue weighted by Crippen LogP contribution is -2.27. The third-order valence-corrected chi connectivity index (χ3v) is 1.68. The summed E-state index contributed by atoms with van der Waals surface area (Å²) in [5.41, 5.74) is -0.239. The molecule has 6 nitrogen and oxygen atoms in total. The number of hydrogen-bond donors (Lipinski definition) is 1. The van der Waals surface area contributed by atoms with Crippen molar-refractivity contribution in [2.45, 2.75) is 38.9 Å². The minimum Gasteiger partial charge on any atom is -0.390 e. The van der Waals surface area contributed by atoms with Gasteiger partial charge in [-0.1, -0.05) is 0 Å². The highest BCUT2D eigenvalue weighted by Crippen LogP contribution is 2.08. The van der Waals surface area contributed by atoms with Crippen LogP contribution in [0.25, 0.3) is 0 Å². The van der Waals surface area contributed by atoms with Crippen molar-refractivity contribution in [2.75, 3.05) is 6.61 Å². The standard InChI is InChI=1S/C9H18N4O2/c1-9(2,3)15-6-7(14)5-8-10-12-13(4)11-8/h7,14H,5-6H2,1-4H3. The molecule has 0 aromatic carbocycles. The van der Waals surface area contributed by atoms with Gasteiger partial charge in [-0.25, -0.2) is 0 Å². The minimum atomic E-state index is -0.589. The predicted molar refractivity (Wildman–Crippen MR) is 54.2 cm³/mol. The van der Waals surface area contributed by atoms with Crippen LogP contribution in [0.5, 0.6) is 0 Å². The first-order valence-electron chi connectivity index (χ1n) is 4.92. The van der Waals surface area contributed by atoms with Crippen LogP contribution in [0.4, 0.5) is 0 Å². The molecule has 1 aromatic rings. The first kappa shape index (κ1) is 12.1. The number of rotatable bonds is 4. The van der Waals surface area contributed by atoms with E-state index in [1.165, 1.54) is 4.80 Å². The van der Waals surface area contributed by atoms with Crippen molar-refractivity contribution in [3.63, 3.8) is 0 Å². The van der Waals surface area contributed by atoms with Crippen LogP contribution in [0.2, 0.25) is 0 Å². The molecule has 1 heterocycles. The number of tetrazole rings is 1. The Morgan fingerprint density at radius 3 is 2.60 bits per heavy atom. The third-order valence-electron chi connectivity index (χ3n) is 1.68. The highest BCUT2D eigenvalue weighted by molar-refractivity contribution is 4.81. The fraction of sp³-hybridized carbons (Fsp3) is 0.889. The molecule has 1 unspecified atom stereocenters. The number of aryl methyl sites for hydroxylation is 1. The van der Waals surface area contributed by atoms with Gasteiger partial charge in [-0.05, 0) is 26.0 Å².